The van der Waals surface area contributed by atoms with Crippen molar-refractivity contribution in [2.45, 2.75) is 6.92 Å². The Kier molecular flexibility index (Phi) is 5.46. The second-order valence-corrected chi connectivity index (χ2v) is 9.38. The molecule has 0 spiro atoms. The lowest BCUT2D eigenvalue weighted by molar-refractivity contribution is 0.0692. The number of benzene rings is 4. The lowest BCUT2D eigenvalue weighted by Gasteiger charge is -2.14. The third kappa shape index (κ3) is 3.90. The number of amides is 4. The molecule has 0 atom stereocenters. The summed E-state index contributed by atoms with van der Waals surface area (Å²) in [4.78, 5) is 66.2. The van der Waals surface area contributed by atoms with Gasteiger partial charge in [0, 0.05) is 18.2 Å². The van der Waals surface area contributed by atoms with Crippen molar-refractivity contribution < 1.29 is 28.7 Å². The van der Waals surface area contributed by atoms with Gasteiger partial charge in [0.2, 0.25) is 0 Å². The van der Waals surface area contributed by atoms with E-state index < -0.39 is 29.4 Å². The van der Waals surface area contributed by atoms with Gasteiger partial charge in [-0.2, -0.15) is 0 Å². The smallest absolute Gasteiger partial charge is 0.266 e. The van der Waals surface area contributed by atoms with Gasteiger partial charge in [0.25, 0.3) is 23.6 Å². The molecule has 0 saturated heterocycles. The van der Waals surface area contributed by atoms with Gasteiger partial charge in [0.05, 0.1) is 27.9 Å². The fourth-order valence-corrected chi connectivity index (χ4v) is 4.76. The molecule has 4 aromatic carbocycles. The Bertz CT molecular complexity index is 1760. The van der Waals surface area contributed by atoms with Crippen molar-refractivity contribution in [3.05, 3.63) is 124 Å². The van der Waals surface area contributed by atoms with Crippen molar-refractivity contribution in [3.8, 4) is 11.5 Å². The number of ether oxygens (including phenoxy) is 1. The minimum absolute atomic E-state index is 0.109. The molecule has 39 heavy (non-hydrogen) atoms. The van der Waals surface area contributed by atoms with Gasteiger partial charge in [-0.3, -0.25) is 28.9 Å². The molecule has 0 bridgehead atoms. The van der Waals surface area contributed by atoms with Gasteiger partial charge in [-0.05, 0) is 73.2 Å². The van der Waals surface area contributed by atoms with E-state index in [0.717, 1.165) is 15.4 Å². The van der Waals surface area contributed by atoms with E-state index in [2.05, 4.69) is 0 Å². The van der Waals surface area contributed by atoms with E-state index in [-0.39, 0.29) is 33.4 Å². The maximum atomic E-state index is 13.3. The van der Waals surface area contributed by atoms with Crippen LogP contribution in [0.2, 0.25) is 0 Å². The largest absolute Gasteiger partial charge is 0.457 e. The number of aryl methyl sites for hydroxylation is 1. The van der Waals surface area contributed by atoms with Gasteiger partial charge in [-0.1, -0.05) is 24.3 Å². The van der Waals surface area contributed by atoms with Crippen molar-refractivity contribution in [2.24, 2.45) is 0 Å². The molecule has 4 aromatic rings. The zero-order valence-corrected chi connectivity index (χ0v) is 20.9. The lowest BCUT2D eigenvalue weighted by Crippen LogP contribution is -2.29. The maximum absolute atomic E-state index is 13.3. The summed E-state index contributed by atoms with van der Waals surface area (Å²) in [5.74, 6) is -1.16. The lowest BCUT2D eigenvalue weighted by atomic mass is 9.96. The van der Waals surface area contributed by atoms with Crippen LogP contribution in [0.5, 0.6) is 11.5 Å². The van der Waals surface area contributed by atoms with Crippen LogP contribution in [0.4, 0.5) is 5.69 Å². The highest BCUT2D eigenvalue weighted by atomic mass is 16.5. The molecule has 4 amide bonds. The predicted molar refractivity (Wildman–Crippen MR) is 142 cm³/mol. The average molecular weight is 517 g/mol. The normalized spacial score (nSPS) is 14.1. The third-order valence-corrected chi connectivity index (χ3v) is 6.82. The molecule has 0 unspecified atom stereocenters. The topological polar surface area (TPSA) is 101 Å². The minimum Gasteiger partial charge on any atom is -0.457 e. The van der Waals surface area contributed by atoms with E-state index >= 15 is 0 Å². The van der Waals surface area contributed by atoms with Gasteiger partial charge in [0.1, 0.15) is 11.5 Å². The molecule has 0 saturated carbocycles. The minimum atomic E-state index is -0.548. The number of hydrogen-bond acceptors (Lipinski definition) is 6. The van der Waals surface area contributed by atoms with Gasteiger partial charge < -0.3 is 4.74 Å². The van der Waals surface area contributed by atoms with Gasteiger partial charge >= 0.3 is 0 Å². The van der Waals surface area contributed by atoms with Gasteiger partial charge in [-0.15, -0.1) is 0 Å². The number of anilines is 1. The number of carbonyl (C=O) groups excluding carboxylic acids is 5. The van der Waals surface area contributed by atoms with Crippen LogP contribution in [0.1, 0.15) is 62.9 Å². The molecule has 0 aliphatic carbocycles. The fraction of sp³-hybridized carbons (Fsp3) is 0.0645. The van der Waals surface area contributed by atoms with E-state index in [1.807, 2.05) is 31.2 Å². The molecular weight excluding hydrogens is 496 g/mol. The summed E-state index contributed by atoms with van der Waals surface area (Å²) in [6.07, 6.45) is 0. The molecule has 190 valence electrons. The maximum Gasteiger partial charge on any atom is 0.266 e. The van der Waals surface area contributed by atoms with E-state index in [4.69, 9.17) is 4.74 Å². The number of hydrogen-bond donors (Lipinski definition) is 0. The Hall–Kier alpha value is -5.37. The van der Waals surface area contributed by atoms with Crippen molar-refractivity contribution in [2.75, 3.05) is 11.9 Å². The van der Waals surface area contributed by atoms with Gasteiger partial charge in [-0.25, -0.2) is 4.90 Å². The number of ketones is 1. The Labute approximate surface area is 223 Å². The SMILES string of the molecule is Cc1cccc(Oc2ccc(N3C(=O)c4ccc(C(=O)c5ccc6c(c5)C(=O)N(C)C6=O)cc4C3=O)cc2)c1. The summed E-state index contributed by atoms with van der Waals surface area (Å²) in [6.45, 7) is 1.96. The molecule has 0 aromatic heterocycles. The first-order valence-electron chi connectivity index (χ1n) is 12.1. The molecular formula is C31H20N2O6. The van der Waals surface area contributed by atoms with Crippen LogP contribution < -0.4 is 9.64 Å². The summed E-state index contributed by atoms with van der Waals surface area (Å²) in [6, 6.07) is 22.8. The number of imide groups is 2. The first-order chi connectivity index (χ1) is 18.7. The standard InChI is InChI=1S/C31H20N2O6/c1-17-4-3-5-22(14-17)39-21-10-8-20(9-11-21)33-30(37)24-13-7-19(16-26(24)31(33)38)27(34)18-6-12-23-25(15-18)29(36)32(2)28(23)35/h3-16H,1-2H3. The van der Waals surface area contributed by atoms with Crippen molar-refractivity contribution in [1.82, 2.24) is 4.90 Å². The van der Waals surface area contributed by atoms with Crippen LogP contribution in [-0.4, -0.2) is 41.4 Å². The highest BCUT2D eigenvalue weighted by Gasteiger charge is 2.38. The highest BCUT2D eigenvalue weighted by Crippen LogP contribution is 2.32. The van der Waals surface area contributed by atoms with E-state index in [0.29, 0.717) is 17.2 Å². The third-order valence-electron chi connectivity index (χ3n) is 6.82. The van der Waals surface area contributed by atoms with Crippen LogP contribution in [0, 0.1) is 6.92 Å². The van der Waals surface area contributed by atoms with Crippen molar-refractivity contribution >= 4 is 35.1 Å². The summed E-state index contributed by atoms with van der Waals surface area (Å²) in [5.41, 5.74) is 2.50. The Morgan fingerprint density at radius 2 is 1.18 bits per heavy atom. The number of carbonyl (C=O) groups is 5. The van der Waals surface area contributed by atoms with Crippen LogP contribution in [0.25, 0.3) is 0 Å². The molecule has 6 rings (SSSR count). The Balaban J connectivity index is 1.25. The number of rotatable bonds is 5. The number of fused-ring (bicyclic) bond motifs is 2. The van der Waals surface area contributed by atoms with Gasteiger partial charge in [0.15, 0.2) is 5.78 Å². The predicted octanol–water partition coefficient (Wildman–Crippen LogP) is 5.04. The van der Waals surface area contributed by atoms with Crippen molar-refractivity contribution in [3.63, 3.8) is 0 Å². The molecule has 2 heterocycles. The first-order valence-corrected chi connectivity index (χ1v) is 12.1. The number of nitrogens with zero attached hydrogens (tertiary/aromatic N) is 2. The Morgan fingerprint density at radius 1 is 0.615 bits per heavy atom. The van der Waals surface area contributed by atoms with Crippen LogP contribution >= 0.6 is 0 Å². The molecule has 0 radical (unpaired) electrons. The molecule has 8 nitrogen and oxygen atoms in total. The van der Waals surface area contributed by atoms with Crippen LogP contribution in [0.15, 0.2) is 84.9 Å². The monoisotopic (exact) mass is 516 g/mol. The zero-order chi connectivity index (χ0) is 27.4. The van der Waals surface area contributed by atoms with Crippen LogP contribution in [0.3, 0.4) is 0 Å². The summed E-state index contributed by atoms with van der Waals surface area (Å²) < 4.78 is 5.85. The highest BCUT2D eigenvalue weighted by molar-refractivity contribution is 6.35. The quantitative estimate of drug-likeness (QED) is 0.272. The molecule has 8 heteroatoms. The fourth-order valence-electron chi connectivity index (χ4n) is 4.76. The average Bonchev–Trinajstić information content (AvgIpc) is 3.32. The van der Waals surface area contributed by atoms with E-state index in [9.17, 15) is 24.0 Å². The molecule has 2 aliphatic rings. The summed E-state index contributed by atoms with van der Waals surface area (Å²) in [5, 5.41) is 0. The Morgan fingerprint density at radius 3 is 1.82 bits per heavy atom. The first kappa shape index (κ1) is 24.0. The molecule has 0 N–H and O–H groups in total. The van der Waals surface area contributed by atoms with Crippen LogP contribution in [-0.2, 0) is 0 Å². The summed E-state index contributed by atoms with van der Waals surface area (Å²) in [7, 11) is 1.38. The molecule has 0 fully saturated rings. The second-order valence-electron chi connectivity index (χ2n) is 9.38. The summed E-state index contributed by atoms with van der Waals surface area (Å²) >= 11 is 0. The second kappa shape index (κ2) is 8.88. The van der Waals surface area contributed by atoms with E-state index in [1.54, 1.807) is 24.3 Å². The van der Waals surface area contributed by atoms with E-state index in [1.165, 1.54) is 43.4 Å². The zero-order valence-electron chi connectivity index (χ0n) is 20.9. The van der Waals surface area contributed by atoms with Crippen molar-refractivity contribution in [1.29, 1.82) is 0 Å². The molecule has 2 aliphatic heterocycles.